The number of hydrogen-bond acceptors (Lipinski definition) is 6. The molecule has 28 heavy (non-hydrogen) atoms. The van der Waals surface area contributed by atoms with E-state index in [0.29, 0.717) is 12.0 Å². The van der Waals surface area contributed by atoms with Gasteiger partial charge >= 0.3 is 11.9 Å². The van der Waals surface area contributed by atoms with Gasteiger partial charge in [-0.05, 0) is 38.0 Å². The van der Waals surface area contributed by atoms with Crippen LogP contribution in [-0.4, -0.2) is 48.0 Å². The Kier molecular flexibility index (Phi) is 6.07. The molecule has 0 aromatic heterocycles. The molecule has 0 fully saturated rings. The van der Waals surface area contributed by atoms with E-state index in [4.69, 9.17) is 9.47 Å². The Labute approximate surface area is 172 Å². The third-order valence-electron chi connectivity index (χ3n) is 4.99. The summed E-state index contributed by atoms with van der Waals surface area (Å²) < 4.78 is 11.3. The molecule has 0 bridgehead atoms. The summed E-state index contributed by atoms with van der Waals surface area (Å²) in [6.07, 6.45) is 1.78. The molecule has 8 heteroatoms. The van der Waals surface area contributed by atoms with Gasteiger partial charge in [-0.3, -0.25) is 4.79 Å². The van der Waals surface area contributed by atoms with Crippen molar-refractivity contribution in [1.82, 2.24) is 4.90 Å². The van der Waals surface area contributed by atoms with Crippen LogP contribution in [0.1, 0.15) is 38.7 Å². The molecule has 2 aliphatic heterocycles. The van der Waals surface area contributed by atoms with Crippen molar-refractivity contribution in [3.8, 4) is 0 Å². The molecule has 7 nitrogen and oxygen atoms in total. The Balaban J connectivity index is 2.10. The molecule has 1 N–H and O–H groups in total. The van der Waals surface area contributed by atoms with Crippen molar-refractivity contribution in [2.24, 2.45) is 0 Å². The first-order valence-electron chi connectivity index (χ1n) is 9.27. The highest BCUT2D eigenvalue weighted by Gasteiger charge is 2.45. The van der Waals surface area contributed by atoms with Crippen molar-refractivity contribution >= 4 is 39.5 Å². The second-order valence-electron chi connectivity index (χ2n) is 6.69. The number of fused-ring (bicyclic) bond motifs is 3. The Morgan fingerprint density at radius 1 is 1.21 bits per heavy atom. The van der Waals surface area contributed by atoms with E-state index in [1.807, 2.05) is 18.2 Å². The molecule has 2 heterocycles. The fraction of sp³-hybridized carbons (Fsp3) is 0.450. The first kappa shape index (κ1) is 20.4. The Morgan fingerprint density at radius 3 is 2.57 bits per heavy atom. The summed E-state index contributed by atoms with van der Waals surface area (Å²) in [4.78, 5) is 38.9. The number of rotatable bonds is 4. The van der Waals surface area contributed by atoms with Crippen LogP contribution < -0.4 is 5.32 Å². The average molecular weight is 451 g/mol. The van der Waals surface area contributed by atoms with Crippen molar-refractivity contribution in [3.63, 3.8) is 0 Å². The van der Waals surface area contributed by atoms with Crippen LogP contribution in [0.3, 0.4) is 0 Å². The maximum atomic E-state index is 12.7. The number of halogens is 1. The third-order valence-corrected chi connectivity index (χ3v) is 5.48. The number of ether oxygens (including phenoxy) is 2. The number of nitrogens with zero attached hydrogens (tertiary/aromatic N) is 1. The summed E-state index contributed by atoms with van der Waals surface area (Å²) in [7, 11) is 0. The molecule has 0 radical (unpaired) electrons. The Morgan fingerprint density at radius 2 is 1.93 bits per heavy atom. The summed E-state index contributed by atoms with van der Waals surface area (Å²) in [5.74, 6) is -1.51. The summed E-state index contributed by atoms with van der Waals surface area (Å²) in [6.45, 7) is 5.24. The monoisotopic (exact) mass is 450 g/mol. The minimum absolute atomic E-state index is 0.183. The summed E-state index contributed by atoms with van der Waals surface area (Å²) in [5, 5.41) is 3.37. The van der Waals surface area contributed by atoms with Crippen molar-refractivity contribution in [1.29, 1.82) is 0 Å². The van der Waals surface area contributed by atoms with E-state index in [-0.39, 0.29) is 25.0 Å². The molecule has 1 aromatic carbocycles. The van der Waals surface area contributed by atoms with Crippen LogP contribution in [0.5, 0.6) is 0 Å². The first-order valence-corrected chi connectivity index (χ1v) is 10.1. The van der Waals surface area contributed by atoms with Gasteiger partial charge in [0.1, 0.15) is 6.04 Å². The van der Waals surface area contributed by atoms with E-state index < -0.39 is 24.0 Å². The van der Waals surface area contributed by atoms with Crippen LogP contribution in [0, 0.1) is 0 Å². The average Bonchev–Trinajstić information content (AvgIpc) is 2.88. The van der Waals surface area contributed by atoms with Crippen LogP contribution in [0.2, 0.25) is 0 Å². The van der Waals surface area contributed by atoms with Crippen molar-refractivity contribution in [2.75, 3.05) is 18.5 Å². The Bertz CT molecular complexity index is 838. The number of anilines is 1. The van der Waals surface area contributed by atoms with Crippen molar-refractivity contribution in [2.45, 2.75) is 45.2 Å². The van der Waals surface area contributed by atoms with Crippen LogP contribution >= 0.6 is 15.9 Å². The molecule has 150 valence electrons. The molecule has 0 saturated carbocycles. The number of amides is 1. The second-order valence-corrected chi connectivity index (χ2v) is 7.61. The fourth-order valence-corrected chi connectivity index (χ4v) is 4.17. The summed E-state index contributed by atoms with van der Waals surface area (Å²) in [6, 6.07) is 4.61. The second kappa shape index (κ2) is 8.34. The van der Waals surface area contributed by atoms with Crippen LogP contribution in [0.15, 0.2) is 34.4 Å². The quantitative estimate of drug-likeness (QED) is 0.709. The molecule has 0 aliphatic carbocycles. The summed E-state index contributed by atoms with van der Waals surface area (Å²) >= 11 is 3.46. The predicted molar refractivity (Wildman–Crippen MR) is 107 cm³/mol. The maximum absolute atomic E-state index is 12.7. The summed E-state index contributed by atoms with van der Waals surface area (Å²) in [5.41, 5.74) is 2.20. The van der Waals surface area contributed by atoms with Crippen LogP contribution in [0.4, 0.5) is 5.69 Å². The lowest BCUT2D eigenvalue weighted by molar-refractivity contribution is -0.152. The minimum Gasteiger partial charge on any atom is -0.464 e. The van der Waals surface area contributed by atoms with Gasteiger partial charge in [-0.25, -0.2) is 9.59 Å². The first-order chi connectivity index (χ1) is 13.4. The molecule has 3 unspecified atom stereocenters. The molecule has 2 aliphatic rings. The van der Waals surface area contributed by atoms with Gasteiger partial charge in [-0.15, -0.1) is 0 Å². The van der Waals surface area contributed by atoms with Crippen molar-refractivity contribution < 1.29 is 23.9 Å². The number of carbonyl (C=O) groups is 3. The molecule has 0 saturated heterocycles. The maximum Gasteiger partial charge on any atom is 0.337 e. The van der Waals surface area contributed by atoms with E-state index in [1.165, 1.54) is 18.0 Å². The Hall–Kier alpha value is -2.35. The number of carbonyl (C=O) groups excluding carboxylic acids is 3. The molecule has 0 spiro atoms. The third kappa shape index (κ3) is 3.78. The largest absolute Gasteiger partial charge is 0.464 e. The van der Waals surface area contributed by atoms with Gasteiger partial charge in [0.15, 0.2) is 0 Å². The number of esters is 2. The molecule has 1 amide bonds. The SMILES string of the molecule is CCOC(=O)C1=CN(C(C)=O)C(C(=O)OCC)CC2c3ccc(Br)cc3NC12. The molecule has 3 rings (SSSR count). The van der Waals surface area contributed by atoms with E-state index in [2.05, 4.69) is 21.2 Å². The highest BCUT2D eigenvalue weighted by atomic mass is 79.9. The zero-order valence-electron chi connectivity index (χ0n) is 16.0. The topological polar surface area (TPSA) is 84.9 Å². The normalized spacial score (nSPS) is 22.9. The molecular formula is C20H23BrN2O5. The van der Waals surface area contributed by atoms with Crippen LogP contribution in [0.25, 0.3) is 0 Å². The van der Waals surface area contributed by atoms with Gasteiger partial charge < -0.3 is 19.7 Å². The lowest BCUT2D eigenvalue weighted by Gasteiger charge is -2.26. The van der Waals surface area contributed by atoms with E-state index in [1.54, 1.807) is 13.8 Å². The minimum atomic E-state index is -0.812. The predicted octanol–water partition coefficient (Wildman–Crippen LogP) is 2.96. The highest BCUT2D eigenvalue weighted by molar-refractivity contribution is 9.10. The van der Waals surface area contributed by atoms with Gasteiger partial charge in [0.05, 0.1) is 24.8 Å². The van der Waals surface area contributed by atoms with Crippen molar-refractivity contribution in [3.05, 3.63) is 40.0 Å². The van der Waals surface area contributed by atoms with Gasteiger partial charge in [0, 0.05) is 29.2 Å². The molecular weight excluding hydrogens is 428 g/mol. The molecule has 1 aromatic rings. The smallest absolute Gasteiger partial charge is 0.337 e. The highest BCUT2D eigenvalue weighted by Crippen LogP contribution is 2.45. The standard InChI is InChI=1S/C20H23BrN2O5/c1-4-27-19(25)15-10-23(11(3)24)17(20(26)28-5-2)9-14-13-7-6-12(21)8-16(13)22-18(14)15/h6-8,10,14,17-18,22H,4-5,9H2,1-3H3. The number of nitrogens with one attached hydrogen (secondary N) is 1. The number of benzene rings is 1. The van der Waals surface area contributed by atoms with E-state index in [0.717, 1.165) is 15.7 Å². The van der Waals surface area contributed by atoms with Gasteiger partial charge in [0.25, 0.3) is 0 Å². The number of hydrogen-bond donors (Lipinski definition) is 1. The lowest BCUT2D eigenvalue weighted by Crippen LogP contribution is -2.42. The van der Waals surface area contributed by atoms with Crippen LogP contribution in [-0.2, 0) is 23.9 Å². The lowest BCUT2D eigenvalue weighted by atomic mass is 9.86. The van der Waals surface area contributed by atoms with E-state index >= 15 is 0 Å². The molecule has 3 atom stereocenters. The van der Waals surface area contributed by atoms with Gasteiger partial charge in [-0.1, -0.05) is 22.0 Å². The fourth-order valence-electron chi connectivity index (χ4n) is 3.81. The zero-order valence-corrected chi connectivity index (χ0v) is 17.6. The van der Waals surface area contributed by atoms with Gasteiger partial charge in [0.2, 0.25) is 5.91 Å². The zero-order chi connectivity index (χ0) is 20.4. The van der Waals surface area contributed by atoms with E-state index in [9.17, 15) is 14.4 Å². The van der Waals surface area contributed by atoms with Gasteiger partial charge in [-0.2, -0.15) is 0 Å².